The molecule has 1 N–H and O–H groups in total. The highest BCUT2D eigenvalue weighted by Crippen LogP contribution is 2.27. The highest BCUT2D eigenvalue weighted by Gasteiger charge is 2.23. The first kappa shape index (κ1) is 16.9. The Morgan fingerprint density at radius 1 is 1.50 bits per heavy atom. The van der Waals surface area contributed by atoms with Gasteiger partial charge in [-0.15, -0.1) is 0 Å². The summed E-state index contributed by atoms with van der Waals surface area (Å²) < 4.78 is 13.6. The third-order valence-corrected chi connectivity index (χ3v) is 3.96. The van der Waals surface area contributed by atoms with Crippen LogP contribution >= 0.6 is 12.2 Å². The van der Waals surface area contributed by atoms with Crippen molar-refractivity contribution in [2.45, 2.75) is 32.8 Å². The lowest BCUT2D eigenvalue weighted by Gasteiger charge is -2.11. The van der Waals surface area contributed by atoms with Crippen LogP contribution in [0.2, 0.25) is 0 Å². The Morgan fingerprint density at radius 2 is 2.33 bits per heavy atom. The standard InChI is InChI=1S/C17H22N4O2S/c1-12(2)11-23-14-7-4-3-6-13(14)10-18-21-16(19-20-17(21)24)15-8-5-9-22-15/h3-4,6-7,10,12,15H,5,8-9,11H2,1-2H3,(H,20,24)/b18-10-. The van der Waals surface area contributed by atoms with E-state index in [-0.39, 0.29) is 6.10 Å². The zero-order valence-corrected chi connectivity index (χ0v) is 14.8. The van der Waals surface area contributed by atoms with Gasteiger partial charge >= 0.3 is 0 Å². The third-order valence-electron chi connectivity index (χ3n) is 3.70. The molecule has 6 nitrogen and oxygen atoms in total. The summed E-state index contributed by atoms with van der Waals surface area (Å²) in [6.45, 7) is 5.65. The molecule has 2 aromatic rings. The molecule has 0 aliphatic carbocycles. The monoisotopic (exact) mass is 346 g/mol. The third kappa shape index (κ3) is 3.91. The smallest absolute Gasteiger partial charge is 0.216 e. The second-order valence-electron chi connectivity index (χ2n) is 6.19. The topological polar surface area (TPSA) is 64.4 Å². The van der Waals surface area contributed by atoms with Crippen LogP contribution in [-0.4, -0.2) is 34.3 Å². The maximum atomic E-state index is 5.85. The number of benzene rings is 1. The highest BCUT2D eigenvalue weighted by atomic mass is 32.1. The van der Waals surface area contributed by atoms with E-state index in [4.69, 9.17) is 21.7 Å². The highest BCUT2D eigenvalue weighted by molar-refractivity contribution is 7.71. The first-order valence-corrected chi connectivity index (χ1v) is 8.61. The number of para-hydroxylation sites is 1. The van der Waals surface area contributed by atoms with Crippen LogP contribution in [0.4, 0.5) is 0 Å². The Hall–Kier alpha value is -1.99. The van der Waals surface area contributed by atoms with Crippen molar-refractivity contribution < 1.29 is 9.47 Å². The maximum absolute atomic E-state index is 5.85. The molecule has 128 valence electrons. The summed E-state index contributed by atoms with van der Waals surface area (Å²) in [7, 11) is 0. The van der Waals surface area contributed by atoms with Crippen LogP contribution in [-0.2, 0) is 4.74 Å². The van der Waals surface area contributed by atoms with Crippen molar-refractivity contribution in [3.05, 3.63) is 40.4 Å². The number of hydrogen-bond donors (Lipinski definition) is 1. The summed E-state index contributed by atoms with van der Waals surface area (Å²) in [5, 5.41) is 11.6. The fourth-order valence-corrected chi connectivity index (χ4v) is 2.69. The van der Waals surface area contributed by atoms with Crippen LogP contribution in [0.1, 0.15) is 44.2 Å². The molecule has 1 saturated heterocycles. The average molecular weight is 346 g/mol. The average Bonchev–Trinajstić information content (AvgIpc) is 3.21. The van der Waals surface area contributed by atoms with Crippen LogP contribution in [0.3, 0.4) is 0 Å². The summed E-state index contributed by atoms with van der Waals surface area (Å²) in [5.41, 5.74) is 0.902. The Balaban J connectivity index is 1.84. The minimum absolute atomic E-state index is 0.0532. The molecule has 1 aliphatic rings. The Kier molecular flexibility index (Phi) is 5.42. The molecule has 1 unspecified atom stereocenters. The van der Waals surface area contributed by atoms with Crippen LogP contribution in [0.15, 0.2) is 29.4 Å². The number of H-pyrrole nitrogens is 1. The van der Waals surface area contributed by atoms with E-state index in [0.717, 1.165) is 30.8 Å². The van der Waals surface area contributed by atoms with E-state index >= 15 is 0 Å². The van der Waals surface area contributed by atoms with Crippen molar-refractivity contribution in [3.63, 3.8) is 0 Å². The van der Waals surface area contributed by atoms with Crippen molar-refractivity contribution in [3.8, 4) is 5.75 Å². The number of aromatic amines is 1. The second-order valence-corrected chi connectivity index (χ2v) is 6.57. The minimum atomic E-state index is -0.0532. The molecular formula is C17H22N4O2S. The molecule has 0 radical (unpaired) electrons. The lowest BCUT2D eigenvalue weighted by atomic mass is 10.2. The van der Waals surface area contributed by atoms with Gasteiger partial charge in [-0.25, -0.2) is 0 Å². The van der Waals surface area contributed by atoms with E-state index in [0.29, 0.717) is 23.1 Å². The van der Waals surface area contributed by atoms with Gasteiger partial charge in [-0.3, -0.25) is 5.10 Å². The molecule has 0 bridgehead atoms. The molecule has 0 amide bonds. The molecule has 1 fully saturated rings. The van der Waals surface area contributed by atoms with Gasteiger partial charge in [0.25, 0.3) is 0 Å². The van der Waals surface area contributed by atoms with Gasteiger partial charge in [-0.05, 0) is 43.1 Å². The zero-order chi connectivity index (χ0) is 16.9. The van der Waals surface area contributed by atoms with Crippen LogP contribution in [0, 0.1) is 10.7 Å². The molecule has 3 rings (SSSR count). The van der Waals surface area contributed by atoms with Gasteiger partial charge in [0.05, 0.1) is 12.8 Å². The predicted molar refractivity (Wildman–Crippen MR) is 95.1 cm³/mol. The van der Waals surface area contributed by atoms with Crippen molar-refractivity contribution in [1.29, 1.82) is 0 Å². The minimum Gasteiger partial charge on any atom is -0.493 e. The van der Waals surface area contributed by atoms with Crippen LogP contribution in [0.5, 0.6) is 5.75 Å². The SMILES string of the molecule is CC(C)COc1ccccc1/C=N\n1c(C2CCCO2)n[nH]c1=S. The number of hydrogen-bond acceptors (Lipinski definition) is 5. The molecular weight excluding hydrogens is 324 g/mol. The van der Waals surface area contributed by atoms with Gasteiger partial charge in [-0.1, -0.05) is 26.0 Å². The number of ether oxygens (including phenoxy) is 2. The van der Waals surface area contributed by atoms with Gasteiger partial charge in [0.15, 0.2) is 5.82 Å². The quantitative estimate of drug-likeness (QED) is 0.640. The molecule has 0 saturated carbocycles. The van der Waals surface area contributed by atoms with Crippen molar-refractivity contribution >= 4 is 18.4 Å². The Morgan fingerprint density at radius 3 is 3.08 bits per heavy atom. The van der Waals surface area contributed by atoms with Gasteiger partial charge < -0.3 is 9.47 Å². The molecule has 1 aromatic heterocycles. The first-order chi connectivity index (χ1) is 11.6. The molecule has 1 aromatic carbocycles. The van der Waals surface area contributed by atoms with Gasteiger partial charge in [-0.2, -0.15) is 14.9 Å². The molecule has 24 heavy (non-hydrogen) atoms. The van der Waals surface area contributed by atoms with E-state index in [1.807, 2.05) is 24.3 Å². The second kappa shape index (κ2) is 7.72. The summed E-state index contributed by atoms with van der Waals surface area (Å²) in [6.07, 6.45) is 3.66. The van der Waals surface area contributed by atoms with Crippen molar-refractivity contribution in [2.24, 2.45) is 11.0 Å². The molecule has 7 heteroatoms. The molecule has 0 spiro atoms. The summed E-state index contributed by atoms with van der Waals surface area (Å²) in [5.74, 6) is 1.99. The van der Waals surface area contributed by atoms with Crippen molar-refractivity contribution in [2.75, 3.05) is 13.2 Å². The zero-order valence-electron chi connectivity index (χ0n) is 13.9. The Bertz CT molecular complexity index is 760. The van der Waals surface area contributed by atoms with Crippen molar-refractivity contribution in [1.82, 2.24) is 14.9 Å². The normalized spacial score (nSPS) is 17.9. The van der Waals surface area contributed by atoms with E-state index < -0.39 is 0 Å². The fraction of sp³-hybridized carbons (Fsp3) is 0.471. The lowest BCUT2D eigenvalue weighted by Crippen LogP contribution is -2.07. The predicted octanol–water partition coefficient (Wildman–Crippen LogP) is 3.71. The van der Waals surface area contributed by atoms with Gasteiger partial charge in [0.1, 0.15) is 11.9 Å². The van der Waals surface area contributed by atoms with Gasteiger partial charge in [0, 0.05) is 12.2 Å². The van der Waals surface area contributed by atoms with E-state index in [9.17, 15) is 0 Å². The van der Waals surface area contributed by atoms with Crippen LogP contribution in [0.25, 0.3) is 0 Å². The summed E-state index contributed by atoms with van der Waals surface area (Å²) in [6, 6.07) is 7.82. The fourth-order valence-electron chi connectivity index (χ4n) is 2.50. The number of nitrogens with one attached hydrogen (secondary N) is 1. The summed E-state index contributed by atoms with van der Waals surface area (Å²) >= 11 is 5.29. The van der Waals surface area contributed by atoms with E-state index in [1.54, 1.807) is 10.9 Å². The molecule has 1 aliphatic heterocycles. The Labute approximate surface area is 146 Å². The van der Waals surface area contributed by atoms with E-state index in [1.165, 1.54) is 0 Å². The van der Waals surface area contributed by atoms with E-state index in [2.05, 4.69) is 29.1 Å². The number of aromatic nitrogens is 3. The molecule has 2 heterocycles. The summed E-state index contributed by atoms with van der Waals surface area (Å²) in [4.78, 5) is 0. The lowest BCUT2D eigenvalue weighted by molar-refractivity contribution is 0.102. The first-order valence-electron chi connectivity index (χ1n) is 8.20. The number of rotatable bonds is 6. The largest absolute Gasteiger partial charge is 0.493 e. The maximum Gasteiger partial charge on any atom is 0.216 e. The molecule has 1 atom stereocenters. The van der Waals surface area contributed by atoms with Gasteiger partial charge in [0.2, 0.25) is 4.77 Å². The van der Waals surface area contributed by atoms with Crippen LogP contribution < -0.4 is 4.74 Å². The number of nitrogens with zero attached hydrogens (tertiary/aromatic N) is 3.